The van der Waals surface area contributed by atoms with E-state index in [1.54, 1.807) is 0 Å². The Morgan fingerprint density at radius 3 is 2.46 bits per heavy atom. The number of hydrogen-bond acceptors (Lipinski definition) is 5. The minimum absolute atomic E-state index is 0.760. The number of benzene rings is 1. The first kappa shape index (κ1) is 16.6. The van der Waals surface area contributed by atoms with E-state index in [0.717, 1.165) is 55.6 Å². The lowest BCUT2D eigenvalue weighted by molar-refractivity contribution is 0.309. The maximum atomic E-state index is 5.67. The van der Waals surface area contributed by atoms with Crippen molar-refractivity contribution in [2.45, 2.75) is 39.0 Å². The monoisotopic (exact) mass is 326 g/mol. The number of unbranched alkanes of at least 4 members (excludes halogenated alkanes) is 1. The molecule has 1 aromatic carbocycles. The Hall–Kier alpha value is -2.30. The van der Waals surface area contributed by atoms with E-state index >= 15 is 0 Å². The van der Waals surface area contributed by atoms with Crippen LogP contribution in [-0.2, 0) is 0 Å². The molecule has 0 bridgehead atoms. The van der Waals surface area contributed by atoms with Crippen LogP contribution in [0.2, 0.25) is 0 Å². The normalized spacial score (nSPS) is 14.5. The van der Waals surface area contributed by atoms with Gasteiger partial charge in [-0.05, 0) is 62.1 Å². The highest BCUT2D eigenvalue weighted by atomic mass is 16.5. The molecule has 0 saturated carbocycles. The SMILES string of the molecule is CCCCOc1ccc(Nc2ccc(N3CCCCC3)nn2)cc1. The smallest absolute Gasteiger partial charge is 0.153 e. The molecule has 2 heterocycles. The summed E-state index contributed by atoms with van der Waals surface area (Å²) in [6.07, 6.45) is 6.04. The zero-order chi connectivity index (χ0) is 16.6. The van der Waals surface area contributed by atoms with Gasteiger partial charge in [0.1, 0.15) is 5.75 Å². The molecule has 3 rings (SSSR count). The number of nitrogens with zero attached hydrogens (tertiary/aromatic N) is 3. The molecule has 0 radical (unpaired) electrons. The molecule has 2 aromatic rings. The number of piperidine rings is 1. The number of nitrogens with one attached hydrogen (secondary N) is 1. The Morgan fingerprint density at radius 2 is 1.79 bits per heavy atom. The van der Waals surface area contributed by atoms with Gasteiger partial charge >= 0.3 is 0 Å². The van der Waals surface area contributed by atoms with Crippen LogP contribution in [0.3, 0.4) is 0 Å². The molecule has 1 aliphatic heterocycles. The van der Waals surface area contributed by atoms with Gasteiger partial charge in [-0.2, -0.15) is 0 Å². The number of hydrogen-bond donors (Lipinski definition) is 1. The van der Waals surface area contributed by atoms with Crippen LogP contribution in [0.15, 0.2) is 36.4 Å². The van der Waals surface area contributed by atoms with E-state index in [2.05, 4.69) is 27.3 Å². The van der Waals surface area contributed by atoms with Gasteiger partial charge in [-0.25, -0.2) is 0 Å². The first-order valence-corrected chi connectivity index (χ1v) is 8.94. The van der Waals surface area contributed by atoms with Crippen molar-refractivity contribution in [1.82, 2.24) is 10.2 Å². The summed E-state index contributed by atoms with van der Waals surface area (Å²) in [7, 11) is 0. The Bertz CT molecular complexity index is 606. The van der Waals surface area contributed by atoms with Gasteiger partial charge in [0, 0.05) is 18.8 Å². The molecule has 1 N–H and O–H groups in total. The highest BCUT2D eigenvalue weighted by Gasteiger charge is 2.12. The van der Waals surface area contributed by atoms with E-state index in [0.29, 0.717) is 0 Å². The van der Waals surface area contributed by atoms with Crippen molar-refractivity contribution in [2.24, 2.45) is 0 Å². The van der Waals surface area contributed by atoms with E-state index in [1.807, 2.05) is 36.4 Å². The fourth-order valence-corrected chi connectivity index (χ4v) is 2.80. The van der Waals surface area contributed by atoms with Crippen LogP contribution in [0, 0.1) is 0 Å². The van der Waals surface area contributed by atoms with Crippen molar-refractivity contribution in [3.8, 4) is 5.75 Å². The average Bonchev–Trinajstić information content (AvgIpc) is 2.65. The summed E-state index contributed by atoms with van der Waals surface area (Å²) >= 11 is 0. The highest BCUT2D eigenvalue weighted by Crippen LogP contribution is 2.21. The number of anilines is 3. The molecule has 5 heteroatoms. The number of rotatable bonds is 7. The Labute approximate surface area is 144 Å². The molecular formula is C19H26N4O. The third-order valence-corrected chi connectivity index (χ3v) is 4.22. The van der Waals surface area contributed by atoms with E-state index < -0.39 is 0 Å². The van der Waals surface area contributed by atoms with Gasteiger partial charge in [-0.15, -0.1) is 10.2 Å². The summed E-state index contributed by atoms with van der Waals surface area (Å²) in [6, 6.07) is 12.0. The van der Waals surface area contributed by atoms with Gasteiger partial charge in [0.15, 0.2) is 11.6 Å². The molecule has 128 valence electrons. The predicted molar refractivity (Wildman–Crippen MR) is 98.2 cm³/mol. The molecule has 0 amide bonds. The van der Waals surface area contributed by atoms with Crippen molar-refractivity contribution >= 4 is 17.3 Å². The molecule has 1 saturated heterocycles. The molecule has 1 aliphatic rings. The van der Waals surface area contributed by atoms with E-state index in [4.69, 9.17) is 4.74 Å². The van der Waals surface area contributed by atoms with Crippen molar-refractivity contribution in [3.05, 3.63) is 36.4 Å². The lowest BCUT2D eigenvalue weighted by Gasteiger charge is -2.27. The highest BCUT2D eigenvalue weighted by molar-refractivity contribution is 5.57. The molecule has 1 fully saturated rings. The van der Waals surface area contributed by atoms with Gasteiger partial charge in [0.2, 0.25) is 0 Å². The predicted octanol–water partition coefficient (Wildman–Crippen LogP) is 4.39. The first-order valence-electron chi connectivity index (χ1n) is 8.94. The van der Waals surface area contributed by atoms with Gasteiger partial charge in [0.05, 0.1) is 6.61 Å². The lowest BCUT2D eigenvalue weighted by atomic mass is 10.1. The fraction of sp³-hybridized carbons (Fsp3) is 0.474. The van der Waals surface area contributed by atoms with Crippen LogP contribution < -0.4 is 15.0 Å². The molecule has 0 atom stereocenters. The maximum absolute atomic E-state index is 5.67. The van der Waals surface area contributed by atoms with E-state index in [9.17, 15) is 0 Å². The Balaban J connectivity index is 1.55. The molecule has 24 heavy (non-hydrogen) atoms. The van der Waals surface area contributed by atoms with Gasteiger partial charge in [0.25, 0.3) is 0 Å². The zero-order valence-corrected chi connectivity index (χ0v) is 14.4. The third kappa shape index (κ3) is 4.60. The van der Waals surface area contributed by atoms with E-state index in [-0.39, 0.29) is 0 Å². The first-order chi connectivity index (χ1) is 11.8. The second kappa shape index (κ2) is 8.52. The van der Waals surface area contributed by atoms with Crippen LogP contribution in [0.25, 0.3) is 0 Å². The van der Waals surface area contributed by atoms with Crippen molar-refractivity contribution in [3.63, 3.8) is 0 Å². The van der Waals surface area contributed by atoms with Crippen molar-refractivity contribution in [1.29, 1.82) is 0 Å². The topological polar surface area (TPSA) is 50.3 Å². The summed E-state index contributed by atoms with van der Waals surface area (Å²) in [5.41, 5.74) is 0.984. The zero-order valence-electron chi connectivity index (χ0n) is 14.4. The molecule has 0 spiro atoms. The number of ether oxygens (including phenoxy) is 1. The quantitative estimate of drug-likeness (QED) is 0.765. The largest absolute Gasteiger partial charge is 0.494 e. The summed E-state index contributed by atoms with van der Waals surface area (Å²) in [5.74, 6) is 2.64. The maximum Gasteiger partial charge on any atom is 0.153 e. The summed E-state index contributed by atoms with van der Waals surface area (Å²) in [4.78, 5) is 2.31. The van der Waals surface area contributed by atoms with Crippen molar-refractivity contribution in [2.75, 3.05) is 29.9 Å². The Morgan fingerprint density at radius 1 is 1.00 bits per heavy atom. The lowest BCUT2D eigenvalue weighted by Crippen LogP contribution is -2.30. The van der Waals surface area contributed by atoms with Crippen LogP contribution in [0.4, 0.5) is 17.3 Å². The molecule has 5 nitrogen and oxygen atoms in total. The fourth-order valence-electron chi connectivity index (χ4n) is 2.80. The average molecular weight is 326 g/mol. The van der Waals surface area contributed by atoms with Crippen molar-refractivity contribution < 1.29 is 4.74 Å². The summed E-state index contributed by atoms with van der Waals surface area (Å²) < 4.78 is 5.67. The Kier molecular flexibility index (Phi) is 5.88. The molecule has 0 aliphatic carbocycles. The number of aromatic nitrogens is 2. The third-order valence-electron chi connectivity index (χ3n) is 4.22. The van der Waals surface area contributed by atoms with Crippen LogP contribution in [0.1, 0.15) is 39.0 Å². The standard InChI is InChI=1S/C19H26N4O/c1-2-3-15-24-17-9-7-16(8-10-17)20-18-11-12-19(22-21-18)23-13-5-4-6-14-23/h7-12H,2-6,13-15H2,1H3,(H,20,21). The molecule has 0 unspecified atom stereocenters. The minimum atomic E-state index is 0.760. The van der Waals surface area contributed by atoms with Crippen LogP contribution >= 0.6 is 0 Å². The minimum Gasteiger partial charge on any atom is -0.494 e. The second-order valence-electron chi connectivity index (χ2n) is 6.18. The van der Waals surface area contributed by atoms with Gasteiger partial charge in [-0.3, -0.25) is 0 Å². The van der Waals surface area contributed by atoms with Crippen LogP contribution in [0.5, 0.6) is 5.75 Å². The summed E-state index contributed by atoms with van der Waals surface area (Å²) in [5, 5.41) is 11.9. The molecule has 1 aromatic heterocycles. The van der Waals surface area contributed by atoms with Gasteiger partial charge < -0.3 is 15.0 Å². The van der Waals surface area contributed by atoms with Gasteiger partial charge in [-0.1, -0.05) is 13.3 Å². The molecular weight excluding hydrogens is 300 g/mol. The van der Waals surface area contributed by atoms with E-state index in [1.165, 1.54) is 19.3 Å². The van der Waals surface area contributed by atoms with Crippen LogP contribution in [-0.4, -0.2) is 29.9 Å². The second-order valence-corrected chi connectivity index (χ2v) is 6.18. The summed E-state index contributed by atoms with van der Waals surface area (Å²) in [6.45, 7) is 5.10.